The average Bonchev–Trinajstić information content (AvgIpc) is 3.00. The molecule has 1 atom stereocenters. The Kier molecular flexibility index (Phi) is 4.53. The summed E-state index contributed by atoms with van der Waals surface area (Å²) in [6, 6.07) is 6.29. The zero-order chi connectivity index (χ0) is 16.4. The van der Waals surface area contributed by atoms with E-state index in [0.29, 0.717) is 29.7 Å². The first-order chi connectivity index (χ1) is 11.2. The normalized spacial score (nSPS) is 21.0. The van der Waals surface area contributed by atoms with Crippen molar-refractivity contribution in [1.82, 2.24) is 0 Å². The minimum absolute atomic E-state index is 0.0833. The lowest BCUT2D eigenvalue weighted by Gasteiger charge is -2.30. The van der Waals surface area contributed by atoms with E-state index in [9.17, 15) is 10.1 Å². The maximum atomic E-state index is 12.5. The Morgan fingerprint density at radius 3 is 3.00 bits per heavy atom. The van der Waals surface area contributed by atoms with E-state index < -0.39 is 0 Å². The van der Waals surface area contributed by atoms with Crippen molar-refractivity contribution >= 4 is 17.1 Å². The van der Waals surface area contributed by atoms with Crippen molar-refractivity contribution < 1.29 is 9.53 Å². The molecule has 0 spiro atoms. The number of nitrogens with zero attached hydrogens (tertiary/aromatic N) is 1. The third-order valence-electron chi connectivity index (χ3n) is 4.35. The van der Waals surface area contributed by atoms with E-state index in [-0.39, 0.29) is 17.6 Å². The minimum atomic E-state index is -0.350. The Morgan fingerprint density at radius 2 is 2.26 bits per heavy atom. The van der Waals surface area contributed by atoms with E-state index in [4.69, 9.17) is 10.5 Å². The van der Waals surface area contributed by atoms with Crippen LogP contribution in [0.2, 0.25) is 0 Å². The summed E-state index contributed by atoms with van der Waals surface area (Å²) >= 11 is 1.68. The second kappa shape index (κ2) is 6.59. The fraction of sp³-hybridized carbons (Fsp3) is 0.444. The molecule has 0 saturated carbocycles. The van der Waals surface area contributed by atoms with Crippen LogP contribution in [0.15, 0.2) is 34.9 Å². The summed E-state index contributed by atoms with van der Waals surface area (Å²) in [5, 5.41) is 9.52. The molecule has 0 aromatic carbocycles. The van der Waals surface area contributed by atoms with Gasteiger partial charge in [-0.05, 0) is 31.4 Å². The molecule has 1 aromatic heterocycles. The number of Topliss-reactive ketones (excluding diaryl/α,β-unsaturated/α-hetero) is 1. The van der Waals surface area contributed by atoms with E-state index >= 15 is 0 Å². The van der Waals surface area contributed by atoms with Gasteiger partial charge < -0.3 is 10.5 Å². The van der Waals surface area contributed by atoms with Crippen molar-refractivity contribution in [2.24, 2.45) is 5.73 Å². The molecule has 3 rings (SSSR count). The molecule has 1 aliphatic carbocycles. The maximum Gasteiger partial charge on any atom is 0.205 e. The highest BCUT2D eigenvalue weighted by Crippen LogP contribution is 2.45. The van der Waals surface area contributed by atoms with Crippen LogP contribution in [0, 0.1) is 11.3 Å². The van der Waals surface area contributed by atoms with Crippen molar-refractivity contribution in [2.45, 2.75) is 51.4 Å². The number of unbranched alkanes of at least 4 members (excludes halogenated alkanes) is 1. The molecule has 0 amide bonds. The number of rotatable bonds is 4. The number of hydrogen-bond acceptors (Lipinski definition) is 5. The zero-order valence-electron chi connectivity index (χ0n) is 13.2. The van der Waals surface area contributed by atoms with E-state index in [1.54, 1.807) is 11.3 Å². The van der Waals surface area contributed by atoms with Crippen LogP contribution in [-0.4, -0.2) is 5.78 Å². The van der Waals surface area contributed by atoms with Gasteiger partial charge in [-0.25, -0.2) is 0 Å². The molecule has 2 aliphatic rings. The number of aryl methyl sites for hydroxylation is 1. The number of allylic oxidation sites excluding steroid dienone is 3. The summed E-state index contributed by atoms with van der Waals surface area (Å²) in [4.78, 5) is 14.8. The van der Waals surface area contributed by atoms with Crippen molar-refractivity contribution in [3.63, 3.8) is 0 Å². The van der Waals surface area contributed by atoms with Crippen LogP contribution < -0.4 is 5.73 Å². The van der Waals surface area contributed by atoms with Gasteiger partial charge in [0.2, 0.25) is 5.88 Å². The summed E-state index contributed by atoms with van der Waals surface area (Å²) in [6.07, 6.45) is 5.34. The summed E-state index contributed by atoms with van der Waals surface area (Å²) in [5.41, 5.74) is 6.96. The van der Waals surface area contributed by atoms with Crippen molar-refractivity contribution in [1.29, 1.82) is 5.26 Å². The van der Waals surface area contributed by atoms with Crippen molar-refractivity contribution in [3.05, 3.63) is 44.7 Å². The molecule has 0 fully saturated rings. The van der Waals surface area contributed by atoms with Crippen LogP contribution in [0.25, 0.3) is 0 Å². The van der Waals surface area contributed by atoms with Gasteiger partial charge in [0.1, 0.15) is 17.4 Å². The first kappa shape index (κ1) is 15.8. The summed E-state index contributed by atoms with van der Waals surface area (Å²) in [6.45, 7) is 2.17. The largest absolute Gasteiger partial charge is 0.444 e. The zero-order valence-corrected chi connectivity index (χ0v) is 14.0. The lowest BCUT2D eigenvalue weighted by atomic mass is 9.80. The molecule has 1 aliphatic heterocycles. The fourth-order valence-electron chi connectivity index (χ4n) is 3.18. The van der Waals surface area contributed by atoms with Gasteiger partial charge in [-0.1, -0.05) is 13.3 Å². The molecule has 5 heteroatoms. The Bertz CT molecular complexity index is 736. The summed E-state index contributed by atoms with van der Waals surface area (Å²) < 4.78 is 5.59. The Labute approximate surface area is 140 Å². The van der Waals surface area contributed by atoms with Gasteiger partial charge in [0.15, 0.2) is 5.78 Å². The molecule has 4 nitrogen and oxygen atoms in total. The minimum Gasteiger partial charge on any atom is -0.444 e. The second-order valence-corrected chi connectivity index (χ2v) is 7.15. The monoisotopic (exact) mass is 328 g/mol. The molecule has 23 heavy (non-hydrogen) atoms. The molecule has 2 N–H and O–H groups in total. The highest BCUT2D eigenvalue weighted by atomic mass is 32.1. The number of hydrogen-bond donors (Lipinski definition) is 1. The SMILES string of the molecule is CCCCc1ccc([C@@H]2C(C#N)=C(N)OC3=C2C(=O)CCC3)s1. The first-order valence-electron chi connectivity index (χ1n) is 8.08. The lowest BCUT2D eigenvalue weighted by Crippen LogP contribution is -2.26. The quantitative estimate of drug-likeness (QED) is 0.909. The van der Waals surface area contributed by atoms with Crippen LogP contribution in [0.3, 0.4) is 0 Å². The van der Waals surface area contributed by atoms with Crippen LogP contribution in [0.1, 0.15) is 54.7 Å². The van der Waals surface area contributed by atoms with Crippen LogP contribution in [0.4, 0.5) is 0 Å². The molecule has 0 bridgehead atoms. The van der Waals surface area contributed by atoms with Gasteiger partial charge in [0, 0.05) is 28.2 Å². The highest BCUT2D eigenvalue weighted by molar-refractivity contribution is 7.12. The smallest absolute Gasteiger partial charge is 0.205 e. The predicted molar refractivity (Wildman–Crippen MR) is 89.5 cm³/mol. The molecule has 120 valence electrons. The Hall–Kier alpha value is -2.06. The molecule has 0 unspecified atom stereocenters. The predicted octanol–water partition coefficient (Wildman–Crippen LogP) is 3.91. The van der Waals surface area contributed by atoms with Gasteiger partial charge in [0.05, 0.1) is 5.92 Å². The van der Waals surface area contributed by atoms with Crippen LogP contribution in [-0.2, 0) is 16.0 Å². The number of carbonyl (C=O) groups excluding carboxylic acids is 1. The third kappa shape index (κ3) is 2.91. The average molecular weight is 328 g/mol. The number of carbonyl (C=O) groups is 1. The Morgan fingerprint density at radius 1 is 1.43 bits per heavy atom. The number of ether oxygens (including phenoxy) is 1. The van der Waals surface area contributed by atoms with E-state index in [1.807, 2.05) is 6.07 Å². The summed E-state index contributed by atoms with van der Waals surface area (Å²) in [7, 11) is 0. The molecular weight excluding hydrogens is 308 g/mol. The van der Waals surface area contributed by atoms with Gasteiger partial charge in [0.25, 0.3) is 0 Å². The van der Waals surface area contributed by atoms with Crippen LogP contribution >= 0.6 is 11.3 Å². The standard InChI is InChI=1S/C18H20N2O2S/c1-2-3-5-11-8-9-15(23-11)16-12(10-19)18(20)22-14-7-4-6-13(21)17(14)16/h8-9,16H,2-7,20H2,1H3/t16-/m0/s1. The topological polar surface area (TPSA) is 76.1 Å². The van der Waals surface area contributed by atoms with Gasteiger partial charge >= 0.3 is 0 Å². The number of nitriles is 1. The molecule has 2 heterocycles. The third-order valence-corrected chi connectivity index (χ3v) is 5.56. The van der Waals surface area contributed by atoms with Crippen molar-refractivity contribution in [2.75, 3.05) is 0 Å². The van der Waals surface area contributed by atoms with Crippen molar-refractivity contribution in [3.8, 4) is 6.07 Å². The molecular formula is C18H20N2O2S. The fourth-order valence-corrected chi connectivity index (χ4v) is 4.35. The molecule has 0 radical (unpaired) electrons. The number of ketones is 1. The van der Waals surface area contributed by atoms with Gasteiger partial charge in [-0.3, -0.25) is 4.79 Å². The second-order valence-electron chi connectivity index (χ2n) is 5.95. The molecule has 0 saturated heterocycles. The highest BCUT2D eigenvalue weighted by Gasteiger charge is 2.38. The summed E-state index contributed by atoms with van der Waals surface area (Å²) in [5.74, 6) is 0.539. The van der Waals surface area contributed by atoms with E-state index in [0.717, 1.165) is 30.6 Å². The molecule has 1 aromatic rings. The van der Waals surface area contributed by atoms with Gasteiger partial charge in [-0.15, -0.1) is 11.3 Å². The maximum absolute atomic E-state index is 12.5. The Balaban J connectivity index is 2.03. The van der Waals surface area contributed by atoms with Gasteiger partial charge in [-0.2, -0.15) is 5.26 Å². The first-order valence-corrected chi connectivity index (χ1v) is 8.89. The van der Waals surface area contributed by atoms with Crippen LogP contribution in [0.5, 0.6) is 0 Å². The van der Waals surface area contributed by atoms with E-state index in [1.165, 1.54) is 4.88 Å². The lowest BCUT2D eigenvalue weighted by molar-refractivity contribution is -0.116. The van der Waals surface area contributed by atoms with E-state index in [2.05, 4.69) is 19.1 Å². The number of nitrogens with two attached hydrogens (primary N) is 1. The number of thiophene rings is 1.